The molecule has 0 unspecified atom stereocenters. The van der Waals surface area contributed by atoms with Gasteiger partial charge in [0, 0.05) is 24.8 Å². The fraction of sp³-hybridized carbons (Fsp3) is 0.733. The van der Waals surface area contributed by atoms with Crippen molar-refractivity contribution in [2.45, 2.75) is 58.4 Å². The topological polar surface area (TPSA) is 65.1 Å². The van der Waals surface area contributed by atoms with Gasteiger partial charge in [0.15, 0.2) is 5.96 Å². The molecule has 1 fully saturated rings. The van der Waals surface area contributed by atoms with Crippen molar-refractivity contribution in [3.05, 3.63) is 17.5 Å². The van der Waals surface area contributed by atoms with E-state index in [9.17, 15) is 0 Å². The Kier molecular flexibility index (Phi) is 5.89. The summed E-state index contributed by atoms with van der Waals surface area (Å²) in [6.07, 6.45) is 9.25. The molecule has 0 amide bonds. The highest BCUT2D eigenvalue weighted by Crippen LogP contribution is 2.17. The van der Waals surface area contributed by atoms with E-state index < -0.39 is 0 Å². The standard InChI is InChI=1S/C15H27N5/c1-3-16-15(19-14-8-4-5-9-14)17-10-6-7-13-11-18-20-12(13)2/h11,14H,3-10H2,1-2H3,(H,18,20)(H2,16,17,19). The number of H-pyrrole nitrogens is 1. The number of guanidine groups is 1. The maximum Gasteiger partial charge on any atom is 0.191 e. The smallest absolute Gasteiger partial charge is 0.191 e. The lowest BCUT2D eigenvalue weighted by molar-refractivity contribution is 0.613. The molecular weight excluding hydrogens is 250 g/mol. The summed E-state index contributed by atoms with van der Waals surface area (Å²) < 4.78 is 0. The Morgan fingerprint density at radius 1 is 1.45 bits per heavy atom. The molecule has 5 nitrogen and oxygen atoms in total. The first-order valence-corrected chi connectivity index (χ1v) is 7.83. The number of nitrogens with one attached hydrogen (secondary N) is 3. The van der Waals surface area contributed by atoms with E-state index >= 15 is 0 Å². The first-order chi connectivity index (χ1) is 9.79. The van der Waals surface area contributed by atoms with Crippen molar-refractivity contribution in [2.24, 2.45) is 4.99 Å². The lowest BCUT2D eigenvalue weighted by Crippen LogP contribution is -2.42. The SMILES string of the molecule is CCNC(=NCCCc1cn[nH]c1C)NC1CCCC1. The van der Waals surface area contributed by atoms with Gasteiger partial charge in [-0.25, -0.2) is 0 Å². The Morgan fingerprint density at radius 3 is 2.90 bits per heavy atom. The molecule has 0 spiro atoms. The zero-order valence-electron chi connectivity index (χ0n) is 12.7. The normalized spacial score (nSPS) is 16.6. The summed E-state index contributed by atoms with van der Waals surface area (Å²) in [6, 6.07) is 0.615. The van der Waals surface area contributed by atoms with E-state index in [0.29, 0.717) is 6.04 Å². The van der Waals surface area contributed by atoms with Gasteiger partial charge in [-0.3, -0.25) is 10.1 Å². The molecule has 1 aromatic rings. The van der Waals surface area contributed by atoms with Gasteiger partial charge in [-0.1, -0.05) is 12.8 Å². The summed E-state index contributed by atoms with van der Waals surface area (Å²) >= 11 is 0. The van der Waals surface area contributed by atoms with E-state index in [1.54, 1.807) is 0 Å². The molecular formula is C15H27N5. The van der Waals surface area contributed by atoms with Crippen LogP contribution in [0.3, 0.4) is 0 Å². The molecule has 1 aliphatic carbocycles. The predicted octanol–water partition coefficient (Wildman–Crippen LogP) is 2.15. The molecule has 20 heavy (non-hydrogen) atoms. The second-order valence-corrected chi connectivity index (χ2v) is 5.51. The quantitative estimate of drug-likeness (QED) is 0.424. The van der Waals surface area contributed by atoms with Crippen molar-refractivity contribution in [3.8, 4) is 0 Å². The van der Waals surface area contributed by atoms with Crippen LogP contribution in [-0.4, -0.2) is 35.3 Å². The van der Waals surface area contributed by atoms with Gasteiger partial charge < -0.3 is 10.6 Å². The Labute approximate surface area is 121 Å². The number of aromatic nitrogens is 2. The third-order valence-electron chi connectivity index (χ3n) is 3.85. The number of rotatable bonds is 6. The van der Waals surface area contributed by atoms with Crippen molar-refractivity contribution in [3.63, 3.8) is 0 Å². The average molecular weight is 277 g/mol. The average Bonchev–Trinajstić information content (AvgIpc) is 3.07. The van der Waals surface area contributed by atoms with E-state index in [1.807, 2.05) is 6.20 Å². The molecule has 1 aliphatic rings. The Balaban J connectivity index is 1.75. The number of hydrogen-bond acceptors (Lipinski definition) is 2. The third-order valence-corrected chi connectivity index (χ3v) is 3.85. The molecule has 3 N–H and O–H groups in total. The number of aliphatic imine (C=N–C) groups is 1. The Morgan fingerprint density at radius 2 is 2.25 bits per heavy atom. The Hall–Kier alpha value is -1.52. The van der Waals surface area contributed by atoms with Crippen molar-refractivity contribution in [1.82, 2.24) is 20.8 Å². The van der Waals surface area contributed by atoms with Gasteiger partial charge in [0.05, 0.1) is 6.20 Å². The highest BCUT2D eigenvalue weighted by Gasteiger charge is 2.15. The molecule has 0 atom stereocenters. The number of nitrogens with zero attached hydrogens (tertiary/aromatic N) is 2. The number of aromatic amines is 1. The largest absolute Gasteiger partial charge is 0.357 e. The van der Waals surface area contributed by atoms with Gasteiger partial charge >= 0.3 is 0 Å². The van der Waals surface area contributed by atoms with Crippen LogP contribution in [0.4, 0.5) is 0 Å². The first kappa shape index (κ1) is 14.9. The predicted molar refractivity (Wildman–Crippen MR) is 83.0 cm³/mol. The van der Waals surface area contributed by atoms with E-state index in [1.165, 1.54) is 36.9 Å². The summed E-state index contributed by atoms with van der Waals surface area (Å²) in [4.78, 5) is 4.67. The summed E-state index contributed by atoms with van der Waals surface area (Å²) in [5.41, 5.74) is 2.47. The summed E-state index contributed by atoms with van der Waals surface area (Å²) in [5, 5.41) is 13.9. The number of hydrogen-bond donors (Lipinski definition) is 3. The molecule has 1 heterocycles. The van der Waals surface area contributed by atoms with Crippen molar-refractivity contribution >= 4 is 5.96 Å². The molecule has 1 aromatic heterocycles. The van der Waals surface area contributed by atoms with Crippen LogP contribution in [0.1, 0.15) is 50.3 Å². The lowest BCUT2D eigenvalue weighted by Gasteiger charge is -2.16. The zero-order valence-corrected chi connectivity index (χ0v) is 12.7. The molecule has 0 aliphatic heterocycles. The number of aryl methyl sites for hydroxylation is 2. The minimum absolute atomic E-state index is 0.615. The molecule has 5 heteroatoms. The molecule has 0 radical (unpaired) electrons. The van der Waals surface area contributed by atoms with E-state index in [2.05, 4.69) is 39.7 Å². The van der Waals surface area contributed by atoms with Crippen molar-refractivity contribution in [1.29, 1.82) is 0 Å². The van der Waals surface area contributed by atoms with Gasteiger partial charge in [0.2, 0.25) is 0 Å². The first-order valence-electron chi connectivity index (χ1n) is 7.83. The summed E-state index contributed by atoms with van der Waals surface area (Å²) in [7, 11) is 0. The fourth-order valence-electron chi connectivity index (χ4n) is 2.67. The molecule has 1 saturated carbocycles. The van der Waals surface area contributed by atoms with Crippen molar-refractivity contribution in [2.75, 3.05) is 13.1 Å². The van der Waals surface area contributed by atoms with Crippen LogP contribution in [0.5, 0.6) is 0 Å². The summed E-state index contributed by atoms with van der Waals surface area (Å²) in [6.45, 7) is 5.95. The lowest BCUT2D eigenvalue weighted by atomic mass is 10.1. The van der Waals surface area contributed by atoms with Crippen LogP contribution in [-0.2, 0) is 6.42 Å². The highest BCUT2D eigenvalue weighted by atomic mass is 15.2. The van der Waals surface area contributed by atoms with Gasteiger partial charge in [-0.15, -0.1) is 0 Å². The third kappa shape index (κ3) is 4.54. The second kappa shape index (κ2) is 7.92. The van der Waals surface area contributed by atoms with Crippen LogP contribution in [0.2, 0.25) is 0 Å². The minimum atomic E-state index is 0.615. The van der Waals surface area contributed by atoms with Crippen LogP contribution in [0.25, 0.3) is 0 Å². The zero-order chi connectivity index (χ0) is 14.2. The van der Waals surface area contributed by atoms with Gasteiger partial charge in [0.1, 0.15) is 0 Å². The van der Waals surface area contributed by atoms with Gasteiger partial charge in [-0.2, -0.15) is 5.10 Å². The van der Waals surface area contributed by atoms with E-state index in [-0.39, 0.29) is 0 Å². The van der Waals surface area contributed by atoms with Gasteiger partial charge in [0.25, 0.3) is 0 Å². The van der Waals surface area contributed by atoms with Crippen LogP contribution >= 0.6 is 0 Å². The molecule has 2 rings (SSSR count). The second-order valence-electron chi connectivity index (χ2n) is 5.51. The fourth-order valence-corrected chi connectivity index (χ4v) is 2.67. The van der Waals surface area contributed by atoms with E-state index in [4.69, 9.17) is 0 Å². The summed E-state index contributed by atoms with van der Waals surface area (Å²) in [5.74, 6) is 0.975. The minimum Gasteiger partial charge on any atom is -0.357 e. The Bertz CT molecular complexity index is 418. The van der Waals surface area contributed by atoms with Gasteiger partial charge in [-0.05, 0) is 45.1 Å². The van der Waals surface area contributed by atoms with Crippen LogP contribution < -0.4 is 10.6 Å². The molecule has 112 valence electrons. The molecule has 0 saturated heterocycles. The van der Waals surface area contributed by atoms with Crippen molar-refractivity contribution < 1.29 is 0 Å². The monoisotopic (exact) mass is 277 g/mol. The maximum atomic E-state index is 4.67. The highest BCUT2D eigenvalue weighted by molar-refractivity contribution is 5.80. The maximum absolute atomic E-state index is 4.67. The van der Waals surface area contributed by atoms with E-state index in [0.717, 1.165) is 31.9 Å². The van der Waals surface area contributed by atoms with Crippen LogP contribution in [0, 0.1) is 6.92 Å². The molecule has 0 bridgehead atoms. The van der Waals surface area contributed by atoms with Crippen LogP contribution in [0.15, 0.2) is 11.2 Å². The molecule has 0 aromatic carbocycles.